The van der Waals surface area contributed by atoms with Crippen LogP contribution in [0.25, 0.3) is 16.7 Å². The first-order valence-corrected chi connectivity index (χ1v) is 9.33. The van der Waals surface area contributed by atoms with Crippen molar-refractivity contribution < 1.29 is 8.81 Å². The molecule has 9 heteroatoms. The lowest BCUT2D eigenvalue weighted by Gasteiger charge is -2.14. The summed E-state index contributed by atoms with van der Waals surface area (Å²) in [6.07, 6.45) is 1.83. The van der Waals surface area contributed by atoms with Gasteiger partial charge >= 0.3 is 5.69 Å². The summed E-state index contributed by atoms with van der Waals surface area (Å²) in [6.45, 7) is 1.21. The lowest BCUT2D eigenvalue weighted by atomic mass is 10.2. The molecule has 3 heterocycles. The predicted molar refractivity (Wildman–Crippen MR) is 95.5 cm³/mol. The number of hydrogen-bond donors (Lipinski definition) is 0. The van der Waals surface area contributed by atoms with Gasteiger partial charge in [0.25, 0.3) is 0 Å². The van der Waals surface area contributed by atoms with Crippen LogP contribution in [0.3, 0.4) is 0 Å². The molecule has 1 aliphatic rings. The van der Waals surface area contributed by atoms with Gasteiger partial charge in [-0.2, -0.15) is 0 Å². The first kappa shape index (κ1) is 16.1. The molecule has 24 heavy (non-hydrogen) atoms. The summed E-state index contributed by atoms with van der Waals surface area (Å²) in [5.74, 6) is -0.0472. The standard InChI is InChI=1S/C15H12BrClFN3O2S/c16-7-8-5-9-10(17)6-11(18)12(13(9)23-8)21-14(22)19-3-1-2-4-20(19)15(21)24/h5-6H,1-4,7H2. The van der Waals surface area contributed by atoms with E-state index in [9.17, 15) is 9.18 Å². The molecule has 0 radical (unpaired) electrons. The van der Waals surface area contributed by atoms with E-state index < -0.39 is 5.82 Å². The SMILES string of the molecule is O=c1n(-c2c(F)cc(Cl)c3cc(CBr)oc23)c(=S)n2n1CCCC2. The quantitative estimate of drug-likeness (QED) is 0.445. The van der Waals surface area contributed by atoms with Crippen LogP contribution in [0.2, 0.25) is 5.02 Å². The fourth-order valence-electron chi connectivity index (χ4n) is 3.10. The molecule has 0 atom stereocenters. The van der Waals surface area contributed by atoms with E-state index in [1.54, 1.807) is 15.4 Å². The minimum Gasteiger partial charge on any atom is -0.458 e. The van der Waals surface area contributed by atoms with Crippen molar-refractivity contribution in [2.24, 2.45) is 0 Å². The lowest BCUT2D eigenvalue weighted by Crippen LogP contribution is -2.29. The summed E-state index contributed by atoms with van der Waals surface area (Å²) in [5.41, 5.74) is -0.115. The second-order valence-electron chi connectivity index (χ2n) is 5.63. The molecule has 0 aliphatic carbocycles. The number of aromatic nitrogens is 3. The first-order valence-electron chi connectivity index (χ1n) is 7.42. The van der Waals surface area contributed by atoms with Gasteiger partial charge in [0.1, 0.15) is 11.4 Å². The van der Waals surface area contributed by atoms with Crippen molar-refractivity contribution in [2.45, 2.75) is 31.3 Å². The van der Waals surface area contributed by atoms with Gasteiger partial charge in [0.2, 0.25) is 4.77 Å². The van der Waals surface area contributed by atoms with Gasteiger partial charge in [0.15, 0.2) is 11.4 Å². The average Bonchev–Trinajstić information content (AvgIpc) is 3.11. The smallest absolute Gasteiger partial charge is 0.350 e. The molecule has 0 unspecified atom stereocenters. The van der Waals surface area contributed by atoms with Gasteiger partial charge in [-0.05, 0) is 37.2 Å². The zero-order valence-corrected chi connectivity index (χ0v) is 15.5. The molecule has 0 N–H and O–H groups in total. The van der Waals surface area contributed by atoms with Gasteiger partial charge in [-0.3, -0.25) is 4.68 Å². The maximum Gasteiger partial charge on any atom is 0.350 e. The maximum atomic E-state index is 14.7. The van der Waals surface area contributed by atoms with Crippen LogP contribution in [0.15, 0.2) is 21.3 Å². The summed E-state index contributed by atoms with van der Waals surface area (Å²) < 4.78 is 25.2. The van der Waals surface area contributed by atoms with Crippen molar-refractivity contribution in [3.8, 4) is 5.69 Å². The topological polar surface area (TPSA) is 45.0 Å². The lowest BCUT2D eigenvalue weighted by molar-refractivity contribution is 0.352. The highest BCUT2D eigenvalue weighted by Crippen LogP contribution is 2.34. The molecule has 0 amide bonds. The number of furan rings is 1. The van der Waals surface area contributed by atoms with Crippen molar-refractivity contribution in [3.05, 3.63) is 44.0 Å². The van der Waals surface area contributed by atoms with Crippen LogP contribution in [0.1, 0.15) is 18.6 Å². The van der Waals surface area contributed by atoms with E-state index in [0.29, 0.717) is 29.6 Å². The third-order valence-corrected chi connectivity index (χ3v) is 5.45. The van der Waals surface area contributed by atoms with Crippen LogP contribution in [-0.4, -0.2) is 13.9 Å². The Morgan fingerprint density at radius 2 is 2.00 bits per heavy atom. The summed E-state index contributed by atoms with van der Waals surface area (Å²) >= 11 is 14.9. The Bertz CT molecular complexity index is 1040. The maximum absolute atomic E-state index is 14.7. The number of fused-ring (bicyclic) bond motifs is 2. The summed E-state index contributed by atoms with van der Waals surface area (Å²) in [4.78, 5) is 12.8. The molecule has 2 aromatic heterocycles. The Hall–Kier alpha value is -1.38. The highest BCUT2D eigenvalue weighted by Gasteiger charge is 2.24. The highest BCUT2D eigenvalue weighted by atomic mass is 79.9. The number of benzene rings is 1. The van der Waals surface area contributed by atoms with E-state index in [2.05, 4.69) is 15.9 Å². The van der Waals surface area contributed by atoms with E-state index in [1.165, 1.54) is 10.6 Å². The molecule has 0 saturated heterocycles. The van der Waals surface area contributed by atoms with Crippen LogP contribution in [0, 0.1) is 10.6 Å². The highest BCUT2D eigenvalue weighted by molar-refractivity contribution is 9.08. The van der Waals surface area contributed by atoms with Crippen molar-refractivity contribution >= 4 is 50.7 Å². The van der Waals surface area contributed by atoms with Crippen molar-refractivity contribution in [1.82, 2.24) is 13.9 Å². The minimum atomic E-state index is -0.639. The monoisotopic (exact) mass is 431 g/mol. The molecule has 1 aliphatic heterocycles. The first-order chi connectivity index (χ1) is 11.5. The van der Waals surface area contributed by atoms with E-state index >= 15 is 0 Å². The molecular formula is C15H12BrClFN3O2S. The Labute approximate surface area is 154 Å². The minimum absolute atomic E-state index is 0.0194. The number of rotatable bonds is 2. The fourth-order valence-corrected chi connectivity index (χ4v) is 3.97. The van der Waals surface area contributed by atoms with Crippen LogP contribution in [-0.2, 0) is 18.4 Å². The summed E-state index contributed by atoms with van der Waals surface area (Å²) in [5, 5.41) is 1.24. The Morgan fingerprint density at radius 1 is 1.29 bits per heavy atom. The van der Waals surface area contributed by atoms with Crippen molar-refractivity contribution in [1.29, 1.82) is 0 Å². The molecule has 126 valence electrons. The normalized spacial score (nSPS) is 14.3. The molecule has 5 nitrogen and oxygen atoms in total. The van der Waals surface area contributed by atoms with E-state index in [1.807, 2.05) is 0 Å². The molecule has 0 fully saturated rings. The number of alkyl halides is 1. The summed E-state index contributed by atoms with van der Waals surface area (Å²) in [6, 6.07) is 2.92. The molecule has 0 spiro atoms. The Kier molecular flexibility index (Phi) is 3.93. The van der Waals surface area contributed by atoms with E-state index in [4.69, 9.17) is 28.2 Å². The van der Waals surface area contributed by atoms with Gasteiger partial charge < -0.3 is 4.42 Å². The van der Waals surface area contributed by atoms with Crippen molar-refractivity contribution in [2.75, 3.05) is 0 Å². The predicted octanol–water partition coefficient (Wildman–Crippen LogP) is 4.40. The number of hydrogen-bond acceptors (Lipinski definition) is 3. The van der Waals surface area contributed by atoms with Crippen molar-refractivity contribution in [3.63, 3.8) is 0 Å². The van der Waals surface area contributed by atoms with Gasteiger partial charge in [0.05, 0.1) is 10.4 Å². The zero-order chi connectivity index (χ0) is 17.0. The third-order valence-electron chi connectivity index (χ3n) is 4.20. The van der Waals surface area contributed by atoms with Gasteiger partial charge in [-0.15, -0.1) is 0 Å². The second-order valence-corrected chi connectivity index (χ2v) is 6.96. The number of halogens is 3. The molecule has 0 saturated carbocycles. The van der Waals surface area contributed by atoms with Gasteiger partial charge in [0, 0.05) is 18.5 Å². The average molecular weight is 433 g/mol. The molecular weight excluding hydrogens is 421 g/mol. The zero-order valence-electron chi connectivity index (χ0n) is 12.4. The molecule has 4 rings (SSSR count). The largest absolute Gasteiger partial charge is 0.458 e. The van der Waals surface area contributed by atoms with E-state index in [-0.39, 0.29) is 26.8 Å². The molecule has 3 aromatic rings. The van der Waals surface area contributed by atoms with Crippen LogP contribution in [0.4, 0.5) is 4.39 Å². The van der Waals surface area contributed by atoms with Crippen LogP contribution < -0.4 is 5.69 Å². The second kappa shape index (κ2) is 5.86. The summed E-state index contributed by atoms with van der Waals surface area (Å²) in [7, 11) is 0. The third kappa shape index (κ3) is 2.23. The van der Waals surface area contributed by atoms with Gasteiger partial charge in [-0.1, -0.05) is 27.5 Å². The fraction of sp³-hybridized carbons (Fsp3) is 0.333. The Morgan fingerprint density at radius 3 is 2.67 bits per heavy atom. The Balaban J connectivity index is 2.12. The molecule has 0 bridgehead atoms. The van der Waals surface area contributed by atoms with Gasteiger partial charge in [-0.25, -0.2) is 18.4 Å². The number of nitrogens with zero attached hydrogens (tertiary/aromatic N) is 3. The van der Waals surface area contributed by atoms with E-state index in [0.717, 1.165) is 12.8 Å². The molecule has 1 aromatic carbocycles. The van der Waals surface area contributed by atoms with Crippen LogP contribution in [0.5, 0.6) is 0 Å². The van der Waals surface area contributed by atoms with Crippen LogP contribution >= 0.6 is 39.7 Å².